The number of nitro groups is 1. The monoisotopic (exact) mass is 235 g/mol. The summed E-state index contributed by atoms with van der Waals surface area (Å²) in [6.07, 6.45) is 3.86. The van der Waals surface area contributed by atoms with Gasteiger partial charge in [0.25, 0.3) is 5.69 Å². The van der Waals surface area contributed by atoms with Gasteiger partial charge in [-0.2, -0.15) is 5.10 Å². The van der Waals surface area contributed by atoms with E-state index < -0.39 is 4.92 Å². The molecule has 1 aliphatic rings. The molecular weight excluding hydrogens is 222 g/mol. The number of anilines is 1. The summed E-state index contributed by atoms with van der Waals surface area (Å²) in [5.74, 6) is 0. The first-order valence-electron chi connectivity index (χ1n) is 5.41. The third-order valence-electron chi connectivity index (χ3n) is 2.48. The van der Waals surface area contributed by atoms with Gasteiger partial charge in [-0.3, -0.25) is 15.5 Å². The molecule has 6 nitrogen and oxygen atoms in total. The molecule has 1 N–H and O–H groups in total. The molecule has 1 aliphatic heterocycles. The second-order valence-electron chi connectivity index (χ2n) is 3.75. The fraction of sp³-hybridized carbons (Fsp3) is 0.364. The number of nitrogens with one attached hydrogen (secondary N) is 1. The SMILES string of the molecule is O=[N+]([O-])c1ccc(NN=CC2CCCO2)cc1. The molecule has 90 valence electrons. The third kappa shape index (κ3) is 3.25. The predicted molar refractivity (Wildman–Crippen MR) is 64.2 cm³/mol. The number of nitro benzene ring substituents is 1. The lowest BCUT2D eigenvalue weighted by atomic mass is 10.3. The largest absolute Gasteiger partial charge is 0.372 e. The van der Waals surface area contributed by atoms with Crippen molar-refractivity contribution in [1.29, 1.82) is 0 Å². The van der Waals surface area contributed by atoms with Crippen molar-refractivity contribution in [2.45, 2.75) is 18.9 Å². The number of hydrogen-bond donors (Lipinski definition) is 1. The van der Waals surface area contributed by atoms with E-state index in [2.05, 4.69) is 10.5 Å². The molecule has 1 aromatic rings. The van der Waals surface area contributed by atoms with Crippen LogP contribution in [0.5, 0.6) is 0 Å². The summed E-state index contributed by atoms with van der Waals surface area (Å²) in [7, 11) is 0. The van der Waals surface area contributed by atoms with Crippen LogP contribution in [0.3, 0.4) is 0 Å². The summed E-state index contributed by atoms with van der Waals surface area (Å²) in [5.41, 5.74) is 3.59. The zero-order valence-electron chi connectivity index (χ0n) is 9.20. The number of benzene rings is 1. The predicted octanol–water partition coefficient (Wildman–Crippen LogP) is 2.17. The molecule has 1 atom stereocenters. The standard InChI is InChI=1S/C11H13N3O3/c15-14(16)10-5-3-9(4-6-10)13-12-8-11-2-1-7-17-11/h3-6,8,11,13H,1-2,7H2. The van der Waals surface area contributed by atoms with E-state index in [1.807, 2.05) is 0 Å². The van der Waals surface area contributed by atoms with Crippen molar-refractivity contribution >= 4 is 17.6 Å². The van der Waals surface area contributed by atoms with Gasteiger partial charge in [0.1, 0.15) is 0 Å². The summed E-state index contributed by atoms with van der Waals surface area (Å²) in [6.45, 7) is 0.786. The first kappa shape index (κ1) is 11.5. The minimum atomic E-state index is -0.431. The highest BCUT2D eigenvalue weighted by atomic mass is 16.6. The molecule has 0 aromatic heterocycles. The smallest absolute Gasteiger partial charge is 0.269 e. The Bertz CT molecular complexity index is 410. The number of rotatable bonds is 4. The molecule has 1 aromatic carbocycles. The molecular formula is C11H13N3O3. The Labute approximate surface area is 98.4 Å². The van der Waals surface area contributed by atoms with E-state index in [-0.39, 0.29) is 11.8 Å². The molecule has 1 unspecified atom stereocenters. The first-order valence-corrected chi connectivity index (χ1v) is 5.41. The van der Waals surface area contributed by atoms with Crippen molar-refractivity contribution in [2.24, 2.45) is 5.10 Å². The van der Waals surface area contributed by atoms with Gasteiger partial charge in [-0.25, -0.2) is 0 Å². The van der Waals surface area contributed by atoms with E-state index in [9.17, 15) is 10.1 Å². The molecule has 0 amide bonds. The Balaban J connectivity index is 1.88. The molecule has 0 radical (unpaired) electrons. The van der Waals surface area contributed by atoms with Crippen LogP contribution >= 0.6 is 0 Å². The van der Waals surface area contributed by atoms with Gasteiger partial charge in [0, 0.05) is 18.7 Å². The van der Waals surface area contributed by atoms with E-state index in [0.29, 0.717) is 5.69 Å². The van der Waals surface area contributed by atoms with Gasteiger partial charge in [0.15, 0.2) is 0 Å². The Hall–Kier alpha value is -1.95. The summed E-state index contributed by atoms with van der Waals surface area (Å²) in [6, 6.07) is 6.10. The van der Waals surface area contributed by atoms with Gasteiger partial charge in [-0.05, 0) is 25.0 Å². The van der Waals surface area contributed by atoms with Crippen molar-refractivity contribution in [2.75, 3.05) is 12.0 Å². The molecule has 0 aliphatic carbocycles. The normalized spacial score (nSPS) is 19.6. The van der Waals surface area contributed by atoms with Crippen molar-refractivity contribution in [3.8, 4) is 0 Å². The topological polar surface area (TPSA) is 76.8 Å². The highest BCUT2D eigenvalue weighted by molar-refractivity contribution is 5.65. The van der Waals surface area contributed by atoms with Gasteiger partial charge in [-0.15, -0.1) is 0 Å². The highest BCUT2D eigenvalue weighted by Gasteiger charge is 2.12. The average molecular weight is 235 g/mol. The van der Waals surface area contributed by atoms with Crippen molar-refractivity contribution in [3.63, 3.8) is 0 Å². The number of ether oxygens (including phenoxy) is 1. The molecule has 1 heterocycles. The minimum absolute atomic E-state index is 0.0682. The lowest BCUT2D eigenvalue weighted by molar-refractivity contribution is -0.384. The highest BCUT2D eigenvalue weighted by Crippen LogP contribution is 2.15. The molecule has 0 bridgehead atoms. The Morgan fingerprint density at radius 3 is 2.82 bits per heavy atom. The molecule has 1 fully saturated rings. The minimum Gasteiger partial charge on any atom is -0.372 e. The van der Waals surface area contributed by atoms with Crippen LogP contribution in [-0.2, 0) is 4.74 Å². The van der Waals surface area contributed by atoms with E-state index >= 15 is 0 Å². The van der Waals surface area contributed by atoms with Gasteiger partial charge < -0.3 is 4.74 Å². The number of nitrogens with zero attached hydrogens (tertiary/aromatic N) is 2. The summed E-state index contributed by atoms with van der Waals surface area (Å²) < 4.78 is 5.36. The van der Waals surface area contributed by atoms with Crippen LogP contribution in [0.25, 0.3) is 0 Å². The van der Waals surface area contributed by atoms with E-state index in [1.165, 1.54) is 12.1 Å². The van der Waals surface area contributed by atoms with Gasteiger partial charge in [-0.1, -0.05) is 0 Å². The van der Waals surface area contributed by atoms with Crippen LogP contribution in [0, 0.1) is 10.1 Å². The number of hydrogen-bond acceptors (Lipinski definition) is 5. The number of hydrazone groups is 1. The van der Waals surface area contributed by atoms with Crippen molar-refractivity contribution in [3.05, 3.63) is 34.4 Å². The maximum Gasteiger partial charge on any atom is 0.269 e. The van der Waals surface area contributed by atoms with Gasteiger partial charge in [0.2, 0.25) is 0 Å². The molecule has 2 rings (SSSR count). The zero-order valence-corrected chi connectivity index (χ0v) is 9.20. The third-order valence-corrected chi connectivity index (χ3v) is 2.48. The first-order chi connectivity index (χ1) is 8.25. The second kappa shape index (κ2) is 5.40. The molecule has 6 heteroatoms. The van der Waals surface area contributed by atoms with E-state index in [1.54, 1.807) is 18.3 Å². The quantitative estimate of drug-likeness (QED) is 0.493. The zero-order chi connectivity index (χ0) is 12.1. The van der Waals surface area contributed by atoms with Gasteiger partial charge >= 0.3 is 0 Å². The number of non-ortho nitro benzene ring substituents is 1. The Morgan fingerprint density at radius 2 is 2.24 bits per heavy atom. The molecule has 0 saturated carbocycles. The maximum atomic E-state index is 10.4. The van der Waals surface area contributed by atoms with Crippen molar-refractivity contribution in [1.82, 2.24) is 0 Å². The van der Waals surface area contributed by atoms with Crippen LogP contribution in [0.4, 0.5) is 11.4 Å². The van der Waals surface area contributed by atoms with Crippen LogP contribution in [-0.4, -0.2) is 23.8 Å². The van der Waals surface area contributed by atoms with E-state index in [0.717, 1.165) is 19.4 Å². The summed E-state index contributed by atoms with van der Waals surface area (Å²) in [4.78, 5) is 10.0. The Kier molecular flexibility index (Phi) is 3.66. The maximum absolute atomic E-state index is 10.4. The van der Waals surface area contributed by atoms with Crippen LogP contribution in [0.1, 0.15) is 12.8 Å². The van der Waals surface area contributed by atoms with Crippen molar-refractivity contribution < 1.29 is 9.66 Å². The summed E-state index contributed by atoms with van der Waals surface area (Å²) >= 11 is 0. The lowest BCUT2D eigenvalue weighted by Crippen LogP contribution is -2.07. The molecule has 1 saturated heterocycles. The lowest BCUT2D eigenvalue weighted by Gasteiger charge is -2.02. The summed E-state index contributed by atoms with van der Waals surface area (Å²) in [5, 5.41) is 14.5. The van der Waals surface area contributed by atoms with Crippen LogP contribution in [0.2, 0.25) is 0 Å². The molecule has 17 heavy (non-hydrogen) atoms. The fourth-order valence-corrected chi connectivity index (χ4v) is 1.57. The van der Waals surface area contributed by atoms with E-state index in [4.69, 9.17) is 4.74 Å². The Morgan fingerprint density at radius 1 is 1.47 bits per heavy atom. The molecule has 0 spiro atoms. The van der Waals surface area contributed by atoms with Crippen LogP contribution < -0.4 is 5.43 Å². The average Bonchev–Trinajstić information content (AvgIpc) is 2.83. The fourth-order valence-electron chi connectivity index (χ4n) is 1.57. The second-order valence-corrected chi connectivity index (χ2v) is 3.75. The van der Waals surface area contributed by atoms with Gasteiger partial charge in [0.05, 0.1) is 22.9 Å². The van der Waals surface area contributed by atoms with Crippen LogP contribution in [0.15, 0.2) is 29.4 Å².